The molecule has 0 N–H and O–H groups in total. The number of benzene rings is 2. The van der Waals surface area contributed by atoms with Crippen molar-refractivity contribution in [3.05, 3.63) is 60.4 Å². The van der Waals surface area contributed by atoms with E-state index >= 15 is 0 Å². The molecule has 1 aliphatic heterocycles. The summed E-state index contributed by atoms with van der Waals surface area (Å²) >= 11 is 0. The van der Waals surface area contributed by atoms with Crippen molar-refractivity contribution in [1.29, 1.82) is 0 Å². The second-order valence-electron chi connectivity index (χ2n) is 6.60. The highest BCUT2D eigenvalue weighted by Gasteiger charge is 2.28. The third-order valence-electron chi connectivity index (χ3n) is 4.71. The molecule has 25 heavy (non-hydrogen) atoms. The van der Waals surface area contributed by atoms with E-state index in [1.807, 2.05) is 78.2 Å². The first-order chi connectivity index (χ1) is 12.1. The highest BCUT2D eigenvalue weighted by atomic mass is 16.5. The lowest BCUT2D eigenvalue weighted by atomic mass is 10.1. The molecule has 0 saturated carbocycles. The van der Waals surface area contributed by atoms with Crippen molar-refractivity contribution < 1.29 is 9.53 Å². The molecule has 0 spiro atoms. The number of carbonyl (C=O) groups excluding carboxylic acids is 1. The molecule has 1 fully saturated rings. The molecule has 2 heterocycles. The van der Waals surface area contributed by atoms with E-state index in [9.17, 15) is 4.79 Å². The van der Waals surface area contributed by atoms with Gasteiger partial charge in [-0.15, -0.1) is 0 Å². The Morgan fingerprint density at radius 3 is 2.68 bits per heavy atom. The second-order valence-corrected chi connectivity index (χ2v) is 6.60. The highest BCUT2D eigenvalue weighted by molar-refractivity contribution is 5.94. The topological polar surface area (TPSA) is 47.4 Å². The van der Waals surface area contributed by atoms with Crippen LogP contribution in [0.4, 0.5) is 0 Å². The number of imidazole rings is 1. The Labute approximate surface area is 146 Å². The normalized spacial score (nSPS) is 20.8. The van der Waals surface area contributed by atoms with Crippen LogP contribution in [0.2, 0.25) is 0 Å². The predicted octanol–water partition coefficient (Wildman–Crippen LogP) is 3.27. The molecule has 5 heteroatoms. The van der Waals surface area contributed by atoms with E-state index in [0.717, 1.165) is 16.7 Å². The second kappa shape index (κ2) is 6.33. The molecule has 2 atom stereocenters. The van der Waals surface area contributed by atoms with Gasteiger partial charge >= 0.3 is 0 Å². The minimum Gasteiger partial charge on any atom is -0.375 e. The molecule has 1 aliphatic rings. The molecule has 4 rings (SSSR count). The van der Waals surface area contributed by atoms with Gasteiger partial charge in [0.15, 0.2) is 0 Å². The number of amides is 1. The Hall–Kier alpha value is -2.66. The maximum absolute atomic E-state index is 12.8. The van der Waals surface area contributed by atoms with Crippen molar-refractivity contribution in [2.45, 2.75) is 26.0 Å². The van der Waals surface area contributed by atoms with E-state index < -0.39 is 0 Å². The smallest absolute Gasteiger partial charge is 0.254 e. The molecule has 1 aromatic heterocycles. The van der Waals surface area contributed by atoms with Crippen LogP contribution in [0.15, 0.2) is 54.9 Å². The van der Waals surface area contributed by atoms with Gasteiger partial charge in [0.05, 0.1) is 29.8 Å². The van der Waals surface area contributed by atoms with Crippen LogP contribution >= 0.6 is 0 Å². The van der Waals surface area contributed by atoms with Gasteiger partial charge in [0, 0.05) is 17.8 Å². The van der Waals surface area contributed by atoms with E-state index in [4.69, 9.17) is 4.74 Å². The summed E-state index contributed by atoms with van der Waals surface area (Å²) in [5.74, 6) is 0.0599. The standard InChI is InChI=1S/C20H21N3O2/c1-14-12-25-15(2)11-22(14)20(24)16-7-9-17(10-8-16)23-13-21-18-5-3-4-6-19(18)23/h3-10,13-15H,11-12H2,1-2H3. The van der Waals surface area contributed by atoms with Crippen molar-refractivity contribution in [1.82, 2.24) is 14.5 Å². The molecular formula is C20H21N3O2. The summed E-state index contributed by atoms with van der Waals surface area (Å²) in [6.07, 6.45) is 1.89. The molecule has 0 radical (unpaired) electrons. The number of aromatic nitrogens is 2. The van der Waals surface area contributed by atoms with E-state index in [1.165, 1.54) is 0 Å². The van der Waals surface area contributed by atoms with Crippen LogP contribution in [-0.4, -0.2) is 45.7 Å². The predicted molar refractivity (Wildman–Crippen MR) is 97.0 cm³/mol. The number of morpholine rings is 1. The largest absolute Gasteiger partial charge is 0.375 e. The molecule has 5 nitrogen and oxygen atoms in total. The lowest BCUT2D eigenvalue weighted by molar-refractivity contribution is -0.0387. The Morgan fingerprint density at radius 2 is 1.88 bits per heavy atom. The number of nitrogens with zero attached hydrogens (tertiary/aromatic N) is 3. The Bertz CT molecular complexity index is 901. The first-order valence-electron chi connectivity index (χ1n) is 8.58. The van der Waals surface area contributed by atoms with Crippen molar-refractivity contribution in [2.24, 2.45) is 0 Å². The van der Waals surface area contributed by atoms with E-state index in [-0.39, 0.29) is 18.1 Å². The fourth-order valence-corrected chi connectivity index (χ4v) is 3.28. The SMILES string of the molecule is CC1CN(C(=O)c2ccc(-n3cnc4ccccc43)cc2)C(C)CO1. The number of hydrogen-bond donors (Lipinski definition) is 0. The molecule has 1 amide bonds. The van der Waals surface area contributed by atoms with Gasteiger partial charge in [-0.1, -0.05) is 12.1 Å². The van der Waals surface area contributed by atoms with Crippen LogP contribution < -0.4 is 0 Å². The average Bonchev–Trinajstić information content (AvgIpc) is 3.07. The van der Waals surface area contributed by atoms with Crippen molar-refractivity contribution in [3.63, 3.8) is 0 Å². The van der Waals surface area contributed by atoms with Crippen LogP contribution in [0.1, 0.15) is 24.2 Å². The molecule has 2 unspecified atom stereocenters. The first-order valence-corrected chi connectivity index (χ1v) is 8.58. The van der Waals surface area contributed by atoms with Crippen molar-refractivity contribution >= 4 is 16.9 Å². The molecule has 0 aliphatic carbocycles. The summed E-state index contributed by atoms with van der Waals surface area (Å²) in [5.41, 5.74) is 3.71. The first kappa shape index (κ1) is 15.8. The number of fused-ring (bicyclic) bond motifs is 1. The maximum Gasteiger partial charge on any atom is 0.254 e. The number of para-hydroxylation sites is 2. The fourth-order valence-electron chi connectivity index (χ4n) is 3.28. The maximum atomic E-state index is 12.8. The summed E-state index contributed by atoms with van der Waals surface area (Å²) < 4.78 is 7.64. The van der Waals surface area contributed by atoms with Crippen LogP contribution in [0, 0.1) is 0 Å². The zero-order chi connectivity index (χ0) is 17.4. The summed E-state index contributed by atoms with van der Waals surface area (Å²) in [6.45, 7) is 5.25. The monoisotopic (exact) mass is 335 g/mol. The van der Waals surface area contributed by atoms with Gasteiger partial charge in [0.2, 0.25) is 0 Å². The summed E-state index contributed by atoms with van der Waals surface area (Å²) in [7, 11) is 0. The van der Waals surface area contributed by atoms with Crippen LogP contribution in [0.25, 0.3) is 16.7 Å². The van der Waals surface area contributed by atoms with Gasteiger partial charge in [-0.05, 0) is 50.2 Å². The van der Waals surface area contributed by atoms with Crippen molar-refractivity contribution in [2.75, 3.05) is 13.2 Å². The zero-order valence-electron chi connectivity index (χ0n) is 14.4. The van der Waals surface area contributed by atoms with Gasteiger partial charge < -0.3 is 9.64 Å². The van der Waals surface area contributed by atoms with Gasteiger partial charge in [-0.25, -0.2) is 4.98 Å². The zero-order valence-corrected chi connectivity index (χ0v) is 14.4. The molecule has 3 aromatic rings. The summed E-state index contributed by atoms with van der Waals surface area (Å²) in [6, 6.07) is 15.8. The van der Waals surface area contributed by atoms with Gasteiger partial charge in [0.1, 0.15) is 6.33 Å². The average molecular weight is 335 g/mol. The lowest BCUT2D eigenvalue weighted by Gasteiger charge is -2.36. The third kappa shape index (κ3) is 2.91. The summed E-state index contributed by atoms with van der Waals surface area (Å²) in [4.78, 5) is 19.1. The molecular weight excluding hydrogens is 314 g/mol. The number of hydrogen-bond acceptors (Lipinski definition) is 3. The molecule has 0 bridgehead atoms. The Kier molecular flexibility index (Phi) is 4.01. The highest BCUT2D eigenvalue weighted by Crippen LogP contribution is 2.20. The third-order valence-corrected chi connectivity index (χ3v) is 4.71. The quantitative estimate of drug-likeness (QED) is 0.722. The van der Waals surface area contributed by atoms with Crippen LogP contribution in [-0.2, 0) is 4.74 Å². The fraction of sp³-hybridized carbons (Fsp3) is 0.300. The Balaban J connectivity index is 1.60. The number of rotatable bonds is 2. The van der Waals surface area contributed by atoms with Crippen LogP contribution in [0.3, 0.4) is 0 Å². The lowest BCUT2D eigenvalue weighted by Crippen LogP contribution is -2.50. The minimum atomic E-state index is 0.0599. The van der Waals surface area contributed by atoms with Crippen molar-refractivity contribution in [3.8, 4) is 5.69 Å². The number of ether oxygens (including phenoxy) is 1. The van der Waals surface area contributed by atoms with Gasteiger partial charge in [0.25, 0.3) is 5.91 Å². The minimum absolute atomic E-state index is 0.0599. The van der Waals surface area contributed by atoms with Gasteiger partial charge in [-0.2, -0.15) is 0 Å². The Morgan fingerprint density at radius 1 is 1.12 bits per heavy atom. The van der Waals surface area contributed by atoms with Crippen LogP contribution in [0.5, 0.6) is 0 Å². The van der Waals surface area contributed by atoms with E-state index in [1.54, 1.807) is 0 Å². The number of carbonyl (C=O) groups is 1. The molecule has 1 saturated heterocycles. The van der Waals surface area contributed by atoms with Gasteiger partial charge in [-0.3, -0.25) is 9.36 Å². The molecule has 128 valence electrons. The van der Waals surface area contributed by atoms with E-state index in [2.05, 4.69) is 4.98 Å². The van der Waals surface area contributed by atoms with E-state index in [0.29, 0.717) is 18.7 Å². The molecule has 2 aromatic carbocycles. The summed E-state index contributed by atoms with van der Waals surface area (Å²) in [5, 5.41) is 0.